The van der Waals surface area contributed by atoms with E-state index in [9.17, 15) is 28.3 Å². The summed E-state index contributed by atoms with van der Waals surface area (Å²) in [6.07, 6.45) is 0.215. The third-order valence-electron chi connectivity index (χ3n) is 4.90. The summed E-state index contributed by atoms with van der Waals surface area (Å²) in [7, 11) is 1.57. The van der Waals surface area contributed by atoms with Crippen molar-refractivity contribution in [1.82, 2.24) is 15.2 Å². The zero-order valence-electron chi connectivity index (χ0n) is 18.8. The van der Waals surface area contributed by atoms with Crippen LogP contribution >= 0.6 is 11.8 Å². The summed E-state index contributed by atoms with van der Waals surface area (Å²) in [5.74, 6) is -3.37. The van der Waals surface area contributed by atoms with Crippen LogP contribution in [0.15, 0.2) is 29.2 Å². The standard InChI is InChI=1S/C22H25F2N5O4S/c1-4-29(17(27-3)7-11(2)30)22(33)18-20(32)19(31)14(10-28-18)21(26)34-16(25)8-12-5-6-13(23)9-15(12)24/h5-6,9-10,17,25-27,32H,4,7-8H2,1-3H3,(H,28,31). The van der Waals surface area contributed by atoms with Crippen LogP contribution in [0.4, 0.5) is 8.78 Å². The minimum Gasteiger partial charge on any atom is -0.503 e. The van der Waals surface area contributed by atoms with E-state index >= 15 is 0 Å². The highest BCUT2D eigenvalue weighted by Gasteiger charge is 2.28. The van der Waals surface area contributed by atoms with Crippen molar-refractivity contribution in [2.45, 2.75) is 32.9 Å². The molecule has 12 heteroatoms. The Hall–Kier alpha value is -3.38. The smallest absolute Gasteiger partial charge is 0.275 e. The van der Waals surface area contributed by atoms with Crippen molar-refractivity contribution in [3.8, 4) is 5.75 Å². The van der Waals surface area contributed by atoms with Crippen molar-refractivity contribution >= 4 is 33.5 Å². The van der Waals surface area contributed by atoms with Gasteiger partial charge in [-0.2, -0.15) is 0 Å². The molecule has 0 aliphatic carbocycles. The van der Waals surface area contributed by atoms with Gasteiger partial charge in [0.2, 0.25) is 5.43 Å². The number of hydrogen-bond donors (Lipinski definition) is 5. The number of amides is 1. The van der Waals surface area contributed by atoms with Gasteiger partial charge in [0.1, 0.15) is 22.5 Å². The van der Waals surface area contributed by atoms with Crippen molar-refractivity contribution in [3.63, 3.8) is 0 Å². The van der Waals surface area contributed by atoms with Gasteiger partial charge in [-0.15, -0.1) is 0 Å². The molecule has 0 saturated heterocycles. The number of halogens is 2. The van der Waals surface area contributed by atoms with Crippen LogP contribution in [0.5, 0.6) is 5.75 Å². The predicted octanol–water partition coefficient (Wildman–Crippen LogP) is 2.62. The molecule has 0 saturated carbocycles. The van der Waals surface area contributed by atoms with Crippen LogP contribution in [0, 0.1) is 22.5 Å². The van der Waals surface area contributed by atoms with Gasteiger partial charge < -0.3 is 15.0 Å². The van der Waals surface area contributed by atoms with Crippen LogP contribution in [-0.4, -0.2) is 56.5 Å². The van der Waals surface area contributed by atoms with Crippen molar-refractivity contribution in [3.05, 3.63) is 63.1 Å². The molecule has 1 heterocycles. The number of benzene rings is 1. The Labute approximate surface area is 198 Å². The summed E-state index contributed by atoms with van der Waals surface area (Å²) >= 11 is 0.556. The van der Waals surface area contributed by atoms with E-state index in [-0.39, 0.29) is 41.3 Å². The zero-order valence-corrected chi connectivity index (χ0v) is 19.6. The van der Waals surface area contributed by atoms with Crippen LogP contribution in [0.3, 0.4) is 0 Å². The number of thioether (sulfide) groups is 1. The first-order chi connectivity index (χ1) is 16.0. The van der Waals surface area contributed by atoms with E-state index in [1.54, 1.807) is 14.0 Å². The monoisotopic (exact) mass is 493 g/mol. The Kier molecular flexibility index (Phi) is 9.21. The zero-order chi connectivity index (χ0) is 25.6. The summed E-state index contributed by atoms with van der Waals surface area (Å²) in [5, 5.41) is 28.8. The van der Waals surface area contributed by atoms with Gasteiger partial charge in [0, 0.05) is 31.6 Å². The second-order valence-electron chi connectivity index (χ2n) is 7.32. The van der Waals surface area contributed by atoms with Gasteiger partial charge in [0.15, 0.2) is 11.4 Å². The molecule has 0 radical (unpaired) electrons. The number of Topliss-reactive ketones (excluding diaryl/α,β-unsaturated/α-hetero) is 1. The largest absolute Gasteiger partial charge is 0.503 e. The van der Waals surface area contributed by atoms with E-state index in [1.807, 2.05) is 0 Å². The molecule has 0 aliphatic heterocycles. The van der Waals surface area contributed by atoms with Gasteiger partial charge in [0.05, 0.1) is 16.8 Å². The number of aromatic amines is 1. The molecular formula is C22H25F2N5O4S. The maximum Gasteiger partial charge on any atom is 0.275 e. The number of pyridine rings is 1. The Balaban J connectivity index is 2.22. The molecule has 1 atom stereocenters. The fraction of sp³-hybridized carbons (Fsp3) is 0.318. The molecule has 182 valence electrons. The van der Waals surface area contributed by atoms with Crippen molar-refractivity contribution < 1.29 is 23.5 Å². The van der Waals surface area contributed by atoms with E-state index in [0.29, 0.717) is 17.8 Å². The molecular weight excluding hydrogens is 468 g/mol. The van der Waals surface area contributed by atoms with Gasteiger partial charge in [-0.3, -0.25) is 30.5 Å². The van der Waals surface area contributed by atoms with E-state index in [2.05, 4.69) is 10.3 Å². The lowest BCUT2D eigenvalue weighted by Gasteiger charge is -2.30. The number of hydrogen-bond acceptors (Lipinski definition) is 8. The second kappa shape index (κ2) is 11.7. The number of rotatable bonds is 9. The maximum absolute atomic E-state index is 13.8. The van der Waals surface area contributed by atoms with E-state index in [1.165, 1.54) is 17.9 Å². The third kappa shape index (κ3) is 6.35. The van der Waals surface area contributed by atoms with Gasteiger partial charge in [-0.25, -0.2) is 8.78 Å². The summed E-state index contributed by atoms with van der Waals surface area (Å²) in [6, 6.07) is 2.92. The van der Waals surface area contributed by atoms with E-state index < -0.39 is 45.6 Å². The summed E-state index contributed by atoms with van der Waals surface area (Å²) in [5.41, 5.74) is -1.64. The molecule has 0 fully saturated rings. The molecule has 1 aromatic carbocycles. The van der Waals surface area contributed by atoms with Crippen LogP contribution < -0.4 is 10.7 Å². The fourth-order valence-electron chi connectivity index (χ4n) is 3.19. The highest BCUT2D eigenvalue weighted by molar-refractivity contribution is 8.26. The van der Waals surface area contributed by atoms with Crippen molar-refractivity contribution in [1.29, 1.82) is 10.8 Å². The Morgan fingerprint density at radius 2 is 1.97 bits per heavy atom. The van der Waals surface area contributed by atoms with Crippen molar-refractivity contribution in [2.75, 3.05) is 13.6 Å². The number of ketones is 1. The molecule has 1 unspecified atom stereocenters. The molecule has 0 spiro atoms. The quantitative estimate of drug-likeness (QED) is 0.206. The molecule has 0 bridgehead atoms. The fourth-order valence-corrected chi connectivity index (χ4v) is 3.93. The Bertz CT molecular complexity index is 1180. The minimum atomic E-state index is -0.996. The summed E-state index contributed by atoms with van der Waals surface area (Å²) < 4.78 is 26.8. The SMILES string of the molecule is CCN(C(=O)c1[nH]cc(C(=N)SC(=N)Cc2ccc(F)cc2F)c(=O)c1O)C(CC(C)=O)NC. The lowest BCUT2D eigenvalue weighted by molar-refractivity contribution is -0.118. The number of aromatic hydroxyl groups is 1. The molecule has 9 nitrogen and oxygen atoms in total. The number of carbonyl (C=O) groups is 2. The molecule has 2 aromatic rings. The number of nitrogens with zero attached hydrogens (tertiary/aromatic N) is 1. The lowest BCUT2D eigenvalue weighted by Crippen LogP contribution is -2.48. The second-order valence-corrected chi connectivity index (χ2v) is 8.43. The average molecular weight is 494 g/mol. The highest BCUT2D eigenvalue weighted by atomic mass is 32.2. The molecule has 1 aromatic heterocycles. The van der Waals surface area contributed by atoms with Crippen LogP contribution in [0.2, 0.25) is 0 Å². The van der Waals surface area contributed by atoms with E-state index in [0.717, 1.165) is 12.3 Å². The van der Waals surface area contributed by atoms with Crippen LogP contribution in [-0.2, 0) is 11.2 Å². The minimum absolute atomic E-state index is 0.0250. The topological polar surface area (TPSA) is 150 Å². The van der Waals surface area contributed by atoms with E-state index in [4.69, 9.17) is 10.8 Å². The number of nitrogens with one attached hydrogen (secondary N) is 4. The third-order valence-corrected chi connectivity index (χ3v) is 5.71. The lowest BCUT2D eigenvalue weighted by atomic mass is 10.1. The van der Waals surface area contributed by atoms with Crippen LogP contribution in [0.25, 0.3) is 0 Å². The Morgan fingerprint density at radius 3 is 2.53 bits per heavy atom. The number of H-pyrrole nitrogens is 1. The first kappa shape index (κ1) is 26.9. The highest BCUT2D eigenvalue weighted by Crippen LogP contribution is 2.20. The van der Waals surface area contributed by atoms with Gasteiger partial charge in [0.25, 0.3) is 5.91 Å². The predicted molar refractivity (Wildman–Crippen MR) is 126 cm³/mol. The van der Waals surface area contributed by atoms with Gasteiger partial charge >= 0.3 is 0 Å². The molecule has 2 rings (SSSR count). The first-order valence-corrected chi connectivity index (χ1v) is 11.0. The Morgan fingerprint density at radius 1 is 1.29 bits per heavy atom. The number of aromatic nitrogens is 1. The molecule has 34 heavy (non-hydrogen) atoms. The summed E-state index contributed by atoms with van der Waals surface area (Å²) in [6.45, 7) is 3.24. The normalized spacial score (nSPS) is 11.7. The first-order valence-electron chi connectivity index (χ1n) is 10.2. The van der Waals surface area contributed by atoms with Gasteiger partial charge in [-0.1, -0.05) is 17.8 Å². The molecule has 0 aliphatic rings. The number of carbonyl (C=O) groups excluding carboxylic acids is 2. The van der Waals surface area contributed by atoms with Gasteiger partial charge in [-0.05, 0) is 32.5 Å². The maximum atomic E-state index is 13.8. The molecule has 1 amide bonds. The molecule has 5 N–H and O–H groups in total. The van der Waals surface area contributed by atoms with Crippen molar-refractivity contribution in [2.24, 2.45) is 0 Å². The average Bonchev–Trinajstić information content (AvgIpc) is 2.76. The summed E-state index contributed by atoms with van der Waals surface area (Å²) in [4.78, 5) is 40.9. The van der Waals surface area contributed by atoms with Crippen LogP contribution in [0.1, 0.15) is 41.9 Å².